The average Bonchev–Trinajstić information content (AvgIpc) is 3.40. The summed E-state index contributed by atoms with van der Waals surface area (Å²) in [5.74, 6) is 0.101. The molecular formula is C27H25FN8O3. The molecule has 0 unspecified atom stereocenters. The number of halogens is 1. The van der Waals surface area contributed by atoms with E-state index in [1.807, 2.05) is 0 Å². The van der Waals surface area contributed by atoms with Gasteiger partial charge in [0.2, 0.25) is 18.1 Å². The quantitative estimate of drug-likeness (QED) is 0.287. The molecule has 12 heteroatoms. The van der Waals surface area contributed by atoms with Gasteiger partial charge in [-0.3, -0.25) is 9.78 Å². The number of hydrogen-bond acceptors (Lipinski definition) is 9. The third-order valence-corrected chi connectivity index (χ3v) is 6.07. The van der Waals surface area contributed by atoms with E-state index in [0.29, 0.717) is 53.1 Å². The Morgan fingerprint density at radius 3 is 2.69 bits per heavy atom. The predicted molar refractivity (Wildman–Crippen MR) is 139 cm³/mol. The molecule has 1 fully saturated rings. The predicted octanol–water partition coefficient (Wildman–Crippen LogP) is 4.08. The summed E-state index contributed by atoms with van der Waals surface area (Å²) in [5.41, 5.74) is 1.90. The number of ether oxygens (including phenoxy) is 2. The summed E-state index contributed by atoms with van der Waals surface area (Å²) in [5, 5.41) is 14.6. The summed E-state index contributed by atoms with van der Waals surface area (Å²) in [6.45, 7) is 2.34. The number of aromatic amines is 1. The molecule has 4 aromatic rings. The fourth-order valence-electron chi connectivity index (χ4n) is 3.94. The normalized spacial score (nSPS) is 18.7. The number of hydrogen-bond donors (Lipinski definition) is 3. The number of rotatable bonds is 8. The summed E-state index contributed by atoms with van der Waals surface area (Å²) >= 11 is 0. The van der Waals surface area contributed by atoms with Crippen molar-refractivity contribution in [1.29, 1.82) is 5.26 Å². The fourth-order valence-corrected chi connectivity index (χ4v) is 3.94. The van der Waals surface area contributed by atoms with Crippen LogP contribution in [0.5, 0.6) is 0 Å². The van der Waals surface area contributed by atoms with E-state index in [4.69, 9.17) is 19.7 Å². The lowest BCUT2D eigenvalue weighted by molar-refractivity contribution is -0.229. The first-order valence-electron chi connectivity index (χ1n) is 12.2. The number of nitrogens with zero attached hydrogens (tertiary/aromatic N) is 5. The van der Waals surface area contributed by atoms with Crippen molar-refractivity contribution in [3.63, 3.8) is 0 Å². The topological polar surface area (TPSA) is 151 Å². The first-order valence-corrected chi connectivity index (χ1v) is 12.2. The molecule has 0 bridgehead atoms. The molecule has 4 heterocycles. The highest BCUT2D eigenvalue weighted by atomic mass is 19.1. The van der Waals surface area contributed by atoms with Crippen LogP contribution in [-0.4, -0.2) is 50.6 Å². The van der Waals surface area contributed by atoms with Gasteiger partial charge in [-0.05, 0) is 49.4 Å². The van der Waals surface area contributed by atoms with Gasteiger partial charge in [0.05, 0.1) is 60.1 Å². The fraction of sp³-hybridized carbons (Fsp3) is 0.259. The molecule has 1 aliphatic heterocycles. The van der Waals surface area contributed by atoms with Crippen molar-refractivity contribution in [3.05, 3.63) is 72.7 Å². The average molecular weight is 529 g/mol. The van der Waals surface area contributed by atoms with Crippen LogP contribution in [0.15, 0.2) is 61.1 Å². The van der Waals surface area contributed by atoms with Gasteiger partial charge in [-0.25, -0.2) is 19.3 Å². The molecule has 0 aliphatic carbocycles. The highest BCUT2D eigenvalue weighted by Gasteiger charge is 2.41. The van der Waals surface area contributed by atoms with Crippen LogP contribution in [0.3, 0.4) is 0 Å². The van der Waals surface area contributed by atoms with Crippen LogP contribution in [0.4, 0.5) is 16.0 Å². The lowest BCUT2D eigenvalue weighted by Crippen LogP contribution is -2.45. The van der Waals surface area contributed by atoms with Crippen molar-refractivity contribution < 1.29 is 18.7 Å². The molecule has 39 heavy (non-hydrogen) atoms. The van der Waals surface area contributed by atoms with Crippen molar-refractivity contribution in [2.75, 3.05) is 30.4 Å². The van der Waals surface area contributed by atoms with Gasteiger partial charge in [-0.15, -0.1) is 0 Å². The third-order valence-electron chi connectivity index (χ3n) is 6.07. The molecule has 1 amide bonds. The molecule has 1 aliphatic rings. The molecule has 3 N–H and O–H groups in total. The van der Waals surface area contributed by atoms with Gasteiger partial charge < -0.3 is 25.1 Å². The maximum atomic E-state index is 13.6. The molecule has 0 atom stereocenters. The molecule has 0 spiro atoms. The van der Waals surface area contributed by atoms with Gasteiger partial charge in [-0.1, -0.05) is 0 Å². The van der Waals surface area contributed by atoms with Crippen LogP contribution >= 0.6 is 0 Å². The highest BCUT2D eigenvalue weighted by Crippen LogP contribution is 2.36. The Kier molecular flexibility index (Phi) is 7.53. The minimum Gasteiger partial charge on any atom is -0.353 e. The van der Waals surface area contributed by atoms with E-state index in [0.717, 1.165) is 0 Å². The Labute approximate surface area is 223 Å². The Morgan fingerprint density at radius 1 is 1.18 bits per heavy atom. The van der Waals surface area contributed by atoms with E-state index < -0.39 is 11.7 Å². The maximum absolute atomic E-state index is 13.6. The van der Waals surface area contributed by atoms with E-state index in [1.54, 1.807) is 55.8 Å². The van der Waals surface area contributed by atoms with Gasteiger partial charge in [0, 0.05) is 24.5 Å². The Hall–Kier alpha value is -4.73. The SMILES string of the molecule is CC1(C(=O)Nc2cccnc2)COC(c2nc(-c3ccc(F)cc3)c(-c3ccnc(NCCC#N)n3)[nH]2)OC1. The Bertz CT molecular complexity index is 1480. The van der Waals surface area contributed by atoms with Crippen LogP contribution in [-0.2, 0) is 14.3 Å². The van der Waals surface area contributed by atoms with E-state index >= 15 is 0 Å². The second kappa shape index (κ2) is 11.3. The number of nitriles is 1. The smallest absolute Gasteiger partial charge is 0.235 e. The number of carbonyl (C=O) groups is 1. The molecule has 11 nitrogen and oxygen atoms in total. The van der Waals surface area contributed by atoms with Gasteiger partial charge >= 0.3 is 0 Å². The Morgan fingerprint density at radius 2 is 1.97 bits per heavy atom. The maximum Gasteiger partial charge on any atom is 0.235 e. The standard InChI is InChI=1S/C27H25FN8O3/c1-27(25(37)33-19-4-2-11-30-14-19)15-38-24(39-16-27)23-35-21(17-5-7-18(28)8-6-17)22(36-23)20-9-13-32-26(34-20)31-12-3-10-29/h2,4-9,11,13-14,24H,3,12,15-16H2,1H3,(H,33,37)(H,35,36)(H,31,32,34). The summed E-state index contributed by atoms with van der Waals surface area (Å²) in [4.78, 5) is 33.6. The van der Waals surface area contributed by atoms with Gasteiger partial charge in [-0.2, -0.15) is 5.26 Å². The van der Waals surface area contributed by atoms with E-state index in [9.17, 15) is 9.18 Å². The third kappa shape index (κ3) is 5.90. The van der Waals surface area contributed by atoms with E-state index in [1.165, 1.54) is 12.1 Å². The first-order chi connectivity index (χ1) is 18.9. The zero-order valence-electron chi connectivity index (χ0n) is 21.0. The minimum atomic E-state index is -0.932. The zero-order chi connectivity index (χ0) is 27.2. The summed E-state index contributed by atoms with van der Waals surface area (Å²) in [6, 6.07) is 13.2. The summed E-state index contributed by atoms with van der Waals surface area (Å²) < 4.78 is 25.6. The number of imidazole rings is 1. The largest absolute Gasteiger partial charge is 0.353 e. The molecular weight excluding hydrogens is 503 g/mol. The number of H-pyrrole nitrogens is 1. The van der Waals surface area contributed by atoms with Crippen LogP contribution in [0.25, 0.3) is 22.6 Å². The number of amides is 1. The lowest BCUT2D eigenvalue weighted by atomic mass is 9.91. The van der Waals surface area contributed by atoms with Crippen LogP contribution in [0.2, 0.25) is 0 Å². The van der Waals surface area contributed by atoms with Gasteiger partial charge in [0.1, 0.15) is 5.82 Å². The zero-order valence-corrected chi connectivity index (χ0v) is 21.0. The first kappa shape index (κ1) is 25.9. The number of carbonyl (C=O) groups excluding carboxylic acids is 1. The van der Waals surface area contributed by atoms with Gasteiger partial charge in [0.15, 0.2) is 5.82 Å². The number of nitrogens with one attached hydrogen (secondary N) is 3. The molecule has 0 saturated carbocycles. The van der Waals surface area contributed by atoms with Crippen molar-refractivity contribution >= 4 is 17.5 Å². The summed E-state index contributed by atoms with van der Waals surface area (Å²) in [6.07, 6.45) is 4.21. The molecule has 3 aromatic heterocycles. The number of benzene rings is 1. The second-order valence-corrected chi connectivity index (χ2v) is 9.16. The van der Waals surface area contributed by atoms with E-state index in [2.05, 4.69) is 36.6 Å². The van der Waals surface area contributed by atoms with Crippen LogP contribution < -0.4 is 10.6 Å². The van der Waals surface area contributed by atoms with Crippen molar-refractivity contribution in [1.82, 2.24) is 24.9 Å². The molecule has 5 rings (SSSR count). The van der Waals surface area contributed by atoms with Crippen molar-refractivity contribution in [3.8, 4) is 28.7 Å². The van der Waals surface area contributed by atoms with E-state index in [-0.39, 0.29) is 24.9 Å². The van der Waals surface area contributed by atoms with Crippen LogP contribution in [0.1, 0.15) is 25.5 Å². The second-order valence-electron chi connectivity index (χ2n) is 9.16. The minimum absolute atomic E-state index is 0.0894. The number of anilines is 2. The summed E-state index contributed by atoms with van der Waals surface area (Å²) in [7, 11) is 0. The van der Waals surface area contributed by atoms with Crippen molar-refractivity contribution in [2.45, 2.75) is 19.6 Å². The van der Waals surface area contributed by atoms with Crippen molar-refractivity contribution in [2.24, 2.45) is 5.41 Å². The lowest BCUT2D eigenvalue weighted by Gasteiger charge is -2.35. The number of aromatic nitrogens is 5. The molecule has 1 saturated heterocycles. The monoisotopic (exact) mass is 528 g/mol. The van der Waals surface area contributed by atoms with Crippen LogP contribution in [0, 0.1) is 22.6 Å². The molecule has 0 radical (unpaired) electrons. The molecule has 1 aromatic carbocycles. The highest BCUT2D eigenvalue weighted by molar-refractivity contribution is 5.95. The number of pyridine rings is 1. The van der Waals surface area contributed by atoms with Gasteiger partial charge in [0.25, 0.3) is 0 Å². The molecule has 198 valence electrons. The Balaban J connectivity index is 1.39.